The molecular weight excluding hydrogens is 250 g/mol. The van der Waals surface area contributed by atoms with Crippen molar-refractivity contribution >= 4 is 15.9 Å². The molecule has 1 saturated carbocycles. The predicted molar refractivity (Wildman–Crippen MR) is 67.8 cm³/mol. The lowest BCUT2D eigenvalue weighted by molar-refractivity contribution is 0.306. The molecule has 0 radical (unpaired) electrons. The van der Waals surface area contributed by atoms with Gasteiger partial charge in [-0.15, -0.1) is 0 Å². The Balaban J connectivity index is 2.12. The molecule has 2 rings (SSSR count). The highest BCUT2D eigenvalue weighted by Crippen LogP contribution is 2.40. The minimum absolute atomic E-state index is 0.390. The molecule has 1 aliphatic carbocycles. The summed E-state index contributed by atoms with van der Waals surface area (Å²) in [7, 11) is 0. The summed E-state index contributed by atoms with van der Waals surface area (Å²) in [4.78, 5) is 0. The Hall–Kier alpha value is -0.340. The lowest BCUT2D eigenvalue weighted by Gasteiger charge is -2.27. The molecule has 0 bridgehead atoms. The third kappa shape index (κ3) is 2.61. The maximum absolute atomic E-state index is 5.94. The van der Waals surface area contributed by atoms with Crippen LogP contribution in [-0.4, -0.2) is 6.54 Å². The monoisotopic (exact) mass is 267 g/mol. The van der Waals surface area contributed by atoms with Crippen LogP contribution in [0.2, 0.25) is 0 Å². The van der Waals surface area contributed by atoms with Gasteiger partial charge in [-0.3, -0.25) is 0 Å². The van der Waals surface area contributed by atoms with Crippen LogP contribution in [0.4, 0.5) is 0 Å². The summed E-state index contributed by atoms with van der Waals surface area (Å²) in [5.74, 6) is 0. The van der Waals surface area contributed by atoms with Gasteiger partial charge in [0.05, 0.1) is 0 Å². The first-order valence-electron chi connectivity index (χ1n) is 5.69. The first kappa shape index (κ1) is 11.2. The van der Waals surface area contributed by atoms with Crippen LogP contribution in [0, 0.1) is 5.41 Å². The van der Waals surface area contributed by atoms with E-state index in [1.54, 1.807) is 0 Å². The Bertz CT molecular complexity index is 329. The highest BCUT2D eigenvalue weighted by Gasteiger charge is 2.32. The predicted octanol–water partition coefficient (Wildman–Crippen LogP) is 3.51. The third-order valence-corrected chi connectivity index (χ3v) is 4.06. The third-order valence-electron chi connectivity index (χ3n) is 3.57. The Labute approximate surface area is 100 Å². The van der Waals surface area contributed by atoms with Crippen molar-refractivity contribution in [3.63, 3.8) is 0 Å². The number of benzene rings is 1. The summed E-state index contributed by atoms with van der Waals surface area (Å²) in [6.45, 7) is 0.833. The fourth-order valence-electron chi connectivity index (χ4n) is 2.66. The van der Waals surface area contributed by atoms with E-state index in [0.29, 0.717) is 5.41 Å². The lowest BCUT2D eigenvalue weighted by Crippen LogP contribution is -2.29. The molecule has 0 atom stereocenters. The first-order chi connectivity index (χ1) is 7.24. The smallest absolute Gasteiger partial charge is 0.0177 e. The Kier molecular flexibility index (Phi) is 3.47. The Morgan fingerprint density at radius 1 is 1.27 bits per heavy atom. The first-order valence-corrected chi connectivity index (χ1v) is 6.48. The molecule has 15 heavy (non-hydrogen) atoms. The number of hydrogen-bond donors (Lipinski definition) is 1. The summed E-state index contributed by atoms with van der Waals surface area (Å²) < 4.78 is 1.17. The molecule has 1 fully saturated rings. The van der Waals surface area contributed by atoms with Crippen LogP contribution in [0.5, 0.6) is 0 Å². The van der Waals surface area contributed by atoms with Crippen LogP contribution in [0.3, 0.4) is 0 Å². The van der Waals surface area contributed by atoms with Crippen LogP contribution < -0.4 is 5.73 Å². The molecule has 1 aromatic carbocycles. The number of hydrogen-bond acceptors (Lipinski definition) is 1. The maximum atomic E-state index is 5.94. The van der Waals surface area contributed by atoms with Gasteiger partial charge in [-0.2, -0.15) is 0 Å². The van der Waals surface area contributed by atoms with Crippen LogP contribution in [0.1, 0.15) is 31.2 Å². The quantitative estimate of drug-likeness (QED) is 0.891. The molecule has 0 amide bonds. The summed E-state index contributed by atoms with van der Waals surface area (Å²) in [5.41, 5.74) is 7.75. The zero-order chi connectivity index (χ0) is 10.7. The molecule has 1 aromatic rings. The van der Waals surface area contributed by atoms with E-state index in [0.717, 1.165) is 13.0 Å². The van der Waals surface area contributed by atoms with Gasteiger partial charge in [-0.05, 0) is 48.9 Å². The molecule has 1 nitrogen and oxygen atoms in total. The van der Waals surface area contributed by atoms with Gasteiger partial charge in [0.2, 0.25) is 0 Å². The summed E-state index contributed by atoms with van der Waals surface area (Å²) in [6, 6.07) is 8.61. The van der Waals surface area contributed by atoms with Gasteiger partial charge in [0.15, 0.2) is 0 Å². The fraction of sp³-hybridized carbons (Fsp3) is 0.538. The van der Waals surface area contributed by atoms with Gasteiger partial charge in [0.1, 0.15) is 0 Å². The zero-order valence-electron chi connectivity index (χ0n) is 9.01. The summed E-state index contributed by atoms with van der Waals surface area (Å²) in [5, 5.41) is 0. The van der Waals surface area contributed by atoms with Gasteiger partial charge < -0.3 is 5.73 Å². The van der Waals surface area contributed by atoms with Gasteiger partial charge in [0.25, 0.3) is 0 Å². The number of nitrogens with two attached hydrogens (primary N) is 1. The van der Waals surface area contributed by atoms with Crippen LogP contribution in [0.25, 0.3) is 0 Å². The van der Waals surface area contributed by atoms with Crippen molar-refractivity contribution in [2.24, 2.45) is 11.1 Å². The summed E-state index contributed by atoms with van der Waals surface area (Å²) in [6.07, 6.45) is 6.45. The number of rotatable bonds is 3. The Morgan fingerprint density at radius 3 is 2.60 bits per heavy atom. The van der Waals surface area contributed by atoms with Gasteiger partial charge in [-0.25, -0.2) is 0 Å². The molecule has 0 unspecified atom stereocenters. The molecule has 0 spiro atoms. The van der Waals surface area contributed by atoms with E-state index in [-0.39, 0.29) is 0 Å². The second-order valence-corrected chi connectivity index (χ2v) is 5.63. The lowest BCUT2D eigenvalue weighted by atomic mass is 9.80. The van der Waals surface area contributed by atoms with Crippen molar-refractivity contribution in [3.8, 4) is 0 Å². The van der Waals surface area contributed by atoms with Gasteiger partial charge >= 0.3 is 0 Å². The molecule has 0 aliphatic heterocycles. The van der Waals surface area contributed by atoms with Crippen LogP contribution in [-0.2, 0) is 6.42 Å². The second kappa shape index (κ2) is 4.67. The standard InChI is InChI=1S/C13H18BrN/c14-12-5-3-4-11(8-12)9-13(10-15)6-1-2-7-13/h3-5,8H,1-2,6-7,9-10,15H2. The van der Waals surface area contributed by atoms with Crippen LogP contribution in [0.15, 0.2) is 28.7 Å². The Morgan fingerprint density at radius 2 is 2.00 bits per heavy atom. The van der Waals surface area contributed by atoms with E-state index >= 15 is 0 Å². The molecule has 0 saturated heterocycles. The van der Waals surface area contributed by atoms with E-state index in [2.05, 4.69) is 40.2 Å². The largest absolute Gasteiger partial charge is 0.330 e. The van der Waals surface area contributed by atoms with E-state index in [1.807, 2.05) is 0 Å². The molecule has 0 aromatic heterocycles. The SMILES string of the molecule is NCC1(Cc2cccc(Br)c2)CCCC1. The minimum atomic E-state index is 0.390. The molecule has 0 heterocycles. The van der Waals surface area contributed by atoms with Crippen molar-refractivity contribution in [1.82, 2.24) is 0 Å². The average molecular weight is 268 g/mol. The average Bonchev–Trinajstić information content (AvgIpc) is 2.67. The van der Waals surface area contributed by atoms with Crippen molar-refractivity contribution in [2.75, 3.05) is 6.54 Å². The maximum Gasteiger partial charge on any atom is 0.0177 e. The highest BCUT2D eigenvalue weighted by molar-refractivity contribution is 9.10. The van der Waals surface area contributed by atoms with Crippen molar-refractivity contribution < 1.29 is 0 Å². The van der Waals surface area contributed by atoms with E-state index in [1.165, 1.54) is 35.7 Å². The minimum Gasteiger partial charge on any atom is -0.330 e. The second-order valence-electron chi connectivity index (χ2n) is 4.72. The zero-order valence-corrected chi connectivity index (χ0v) is 10.6. The molecule has 1 aliphatic rings. The van der Waals surface area contributed by atoms with E-state index < -0.39 is 0 Å². The molecule has 2 N–H and O–H groups in total. The van der Waals surface area contributed by atoms with E-state index in [9.17, 15) is 0 Å². The fourth-order valence-corrected chi connectivity index (χ4v) is 3.10. The molecule has 82 valence electrons. The van der Waals surface area contributed by atoms with Crippen LogP contribution >= 0.6 is 15.9 Å². The number of halogens is 1. The van der Waals surface area contributed by atoms with Crippen molar-refractivity contribution in [1.29, 1.82) is 0 Å². The van der Waals surface area contributed by atoms with Gasteiger partial charge in [-0.1, -0.05) is 40.9 Å². The summed E-state index contributed by atoms with van der Waals surface area (Å²) >= 11 is 3.52. The van der Waals surface area contributed by atoms with E-state index in [4.69, 9.17) is 5.73 Å². The topological polar surface area (TPSA) is 26.0 Å². The molecule has 2 heteroatoms. The normalized spacial score (nSPS) is 19.3. The molecular formula is C13H18BrN. The van der Waals surface area contributed by atoms with Gasteiger partial charge in [0, 0.05) is 4.47 Å². The highest BCUT2D eigenvalue weighted by atomic mass is 79.9. The van der Waals surface area contributed by atoms with Crippen molar-refractivity contribution in [3.05, 3.63) is 34.3 Å². The van der Waals surface area contributed by atoms with Crippen molar-refractivity contribution in [2.45, 2.75) is 32.1 Å².